The molecule has 0 aliphatic rings. The highest BCUT2D eigenvalue weighted by Gasteiger charge is 2.22. The van der Waals surface area contributed by atoms with Gasteiger partial charge >= 0.3 is 0 Å². The molecule has 0 saturated carbocycles. The van der Waals surface area contributed by atoms with Crippen molar-refractivity contribution in [2.45, 2.75) is 52.8 Å². The molecule has 5 heteroatoms. The van der Waals surface area contributed by atoms with Crippen molar-refractivity contribution in [3.63, 3.8) is 0 Å². The van der Waals surface area contributed by atoms with E-state index in [0.29, 0.717) is 0 Å². The summed E-state index contributed by atoms with van der Waals surface area (Å²) in [5, 5.41) is 0. The first-order chi connectivity index (χ1) is 10.8. The van der Waals surface area contributed by atoms with E-state index in [1.165, 1.54) is 51.6 Å². The summed E-state index contributed by atoms with van der Waals surface area (Å²) in [6.45, 7) is 20.5. The van der Waals surface area contributed by atoms with Crippen molar-refractivity contribution in [2.75, 3.05) is 66.5 Å². The van der Waals surface area contributed by atoms with Gasteiger partial charge in [0.1, 0.15) is 0 Å². The second-order valence-electron chi connectivity index (χ2n) is 7.28. The van der Waals surface area contributed by atoms with Crippen LogP contribution in [0.15, 0.2) is 0 Å². The van der Waals surface area contributed by atoms with E-state index in [0.717, 1.165) is 19.7 Å². The van der Waals surface area contributed by atoms with Crippen LogP contribution in [0, 0.1) is 0 Å². The van der Waals surface area contributed by atoms with Crippen LogP contribution in [0.3, 0.4) is 0 Å². The van der Waals surface area contributed by atoms with Crippen LogP contribution in [0.5, 0.6) is 0 Å². The highest BCUT2D eigenvalue weighted by molar-refractivity contribution is 6.71. The largest absolute Gasteiger partial charge is 0.418 e. The van der Waals surface area contributed by atoms with Gasteiger partial charge < -0.3 is 19.1 Å². The van der Waals surface area contributed by atoms with Gasteiger partial charge in [-0.05, 0) is 98.8 Å². The minimum atomic E-state index is -1.46. The lowest BCUT2D eigenvalue weighted by molar-refractivity contribution is 0.234. The Bertz CT molecular complexity index is 261. The maximum Gasteiger partial charge on any atom is 0.187 e. The molecule has 0 aromatic carbocycles. The van der Waals surface area contributed by atoms with E-state index < -0.39 is 8.32 Å². The quantitative estimate of drug-likeness (QED) is 0.424. The molecule has 23 heavy (non-hydrogen) atoms. The fourth-order valence-corrected chi connectivity index (χ4v) is 4.45. The normalized spacial score (nSPS) is 12.8. The van der Waals surface area contributed by atoms with Gasteiger partial charge in [-0.2, -0.15) is 0 Å². The van der Waals surface area contributed by atoms with E-state index >= 15 is 0 Å². The predicted octanol–water partition coefficient (Wildman–Crippen LogP) is 3.21. The first kappa shape index (κ1) is 23.1. The molecule has 0 N–H and O–H groups in total. The molecule has 0 amide bonds. The molecule has 0 aliphatic heterocycles. The molecule has 0 aromatic heterocycles. The van der Waals surface area contributed by atoms with E-state index in [-0.39, 0.29) is 0 Å². The molecule has 0 radical (unpaired) electrons. The Kier molecular flexibility index (Phi) is 13.4. The molecule has 0 spiro atoms. The van der Waals surface area contributed by atoms with Crippen molar-refractivity contribution in [3.8, 4) is 0 Å². The Balaban J connectivity index is 4.25. The van der Waals surface area contributed by atoms with Crippen molar-refractivity contribution in [2.24, 2.45) is 0 Å². The van der Waals surface area contributed by atoms with Crippen LogP contribution < -0.4 is 0 Å². The van der Waals surface area contributed by atoms with Crippen LogP contribution in [0.2, 0.25) is 19.1 Å². The van der Waals surface area contributed by atoms with Crippen molar-refractivity contribution in [1.82, 2.24) is 14.7 Å². The first-order valence-electron chi connectivity index (χ1n) is 9.58. The van der Waals surface area contributed by atoms with E-state index in [1.54, 1.807) is 0 Å². The van der Waals surface area contributed by atoms with E-state index in [1.807, 2.05) is 0 Å². The molecule has 0 saturated heterocycles. The average molecular weight is 346 g/mol. The van der Waals surface area contributed by atoms with Gasteiger partial charge in [-0.1, -0.05) is 13.8 Å². The fraction of sp³-hybridized carbons (Fsp3) is 1.00. The van der Waals surface area contributed by atoms with Crippen LogP contribution in [-0.2, 0) is 4.43 Å². The Labute approximate surface area is 147 Å². The summed E-state index contributed by atoms with van der Waals surface area (Å²) in [4.78, 5) is 7.48. The lowest BCUT2D eigenvalue weighted by Gasteiger charge is -2.29. The van der Waals surface area contributed by atoms with Gasteiger partial charge in [0.25, 0.3) is 0 Å². The highest BCUT2D eigenvalue weighted by Crippen LogP contribution is 2.12. The molecule has 0 aromatic rings. The smallest absolute Gasteiger partial charge is 0.187 e. The summed E-state index contributed by atoms with van der Waals surface area (Å²) >= 11 is 0. The second-order valence-corrected chi connectivity index (χ2v) is 11.6. The molecule has 0 fully saturated rings. The molecule has 4 nitrogen and oxygen atoms in total. The van der Waals surface area contributed by atoms with E-state index in [9.17, 15) is 0 Å². The lowest BCUT2D eigenvalue weighted by atomic mass is 10.3. The number of nitrogens with zero attached hydrogens (tertiary/aromatic N) is 3. The molecule has 0 rings (SSSR count). The molecule has 0 aliphatic carbocycles. The average Bonchev–Trinajstić information content (AvgIpc) is 2.51. The van der Waals surface area contributed by atoms with Gasteiger partial charge in [-0.3, -0.25) is 0 Å². The van der Waals surface area contributed by atoms with E-state index in [4.69, 9.17) is 4.43 Å². The highest BCUT2D eigenvalue weighted by atomic mass is 28.4. The molecule has 140 valence electrons. The van der Waals surface area contributed by atoms with Crippen LogP contribution in [0.1, 0.15) is 33.6 Å². The number of hydrogen-bond donors (Lipinski definition) is 0. The standard InChI is InChI=1S/C18H43N3OSi/c1-8-19(4)13-11-15-21(16-12-14-20(5)9-2)17-18-23(6,7)22-10-3/h8-18H2,1-7H3. The minimum Gasteiger partial charge on any atom is -0.418 e. The molecular formula is C18H43N3OSi. The Morgan fingerprint density at radius 1 is 0.739 bits per heavy atom. The zero-order valence-electron chi connectivity index (χ0n) is 17.0. The third-order valence-corrected chi connectivity index (χ3v) is 7.17. The van der Waals surface area contributed by atoms with Crippen LogP contribution in [-0.4, -0.2) is 89.5 Å². The van der Waals surface area contributed by atoms with Crippen LogP contribution in [0.25, 0.3) is 0 Å². The minimum absolute atomic E-state index is 0.863. The monoisotopic (exact) mass is 345 g/mol. The third kappa shape index (κ3) is 13.1. The van der Waals surface area contributed by atoms with Gasteiger partial charge in [0, 0.05) is 6.61 Å². The molecule has 0 bridgehead atoms. The first-order valence-corrected chi connectivity index (χ1v) is 12.7. The van der Waals surface area contributed by atoms with Crippen molar-refractivity contribution < 1.29 is 4.43 Å². The summed E-state index contributed by atoms with van der Waals surface area (Å²) in [5.41, 5.74) is 0. The van der Waals surface area contributed by atoms with Gasteiger partial charge in [0.05, 0.1) is 0 Å². The molecule has 0 heterocycles. The summed E-state index contributed by atoms with van der Waals surface area (Å²) in [7, 11) is 2.96. The Hall–Kier alpha value is 0.0569. The SMILES string of the molecule is CCO[Si](C)(C)CCN(CCCN(C)CC)CCCN(C)CC. The topological polar surface area (TPSA) is 19.0 Å². The van der Waals surface area contributed by atoms with Gasteiger partial charge in [0.15, 0.2) is 8.32 Å². The number of hydrogen-bond acceptors (Lipinski definition) is 4. The van der Waals surface area contributed by atoms with E-state index in [2.05, 4.69) is 62.7 Å². The Morgan fingerprint density at radius 2 is 1.22 bits per heavy atom. The zero-order chi connectivity index (χ0) is 17.7. The predicted molar refractivity (Wildman–Crippen MR) is 106 cm³/mol. The molecule has 0 atom stereocenters. The maximum atomic E-state index is 6.00. The van der Waals surface area contributed by atoms with Gasteiger partial charge in [-0.25, -0.2) is 0 Å². The maximum absolute atomic E-state index is 6.00. The molecular weight excluding hydrogens is 302 g/mol. The second kappa shape index (κ2) is 13.4. The summed E-state index contributed by atoms with van der Waals surface area (Å²) < 4.78 is 6.00. The van der Waals surface area contributed by atoms with Crippen LogP contribution >= 0.6 is 0 Å². The van der Waals surface area contributed by atoms with Crippen molar-refractivity contribution >= 4 is 8.32 Å². The lowest BCUT2D eigenvalue weighted by Crippen LogP contribution is -2.38. The summed E-state index contributed by atoms with van der Waals surface area (Å²) in [6.07, 6.45) is 2.54. The summed E-state index contributed by atoms with van der Waals surface area (Å²) in [5.74, 6) is 0. The van der Waals surface area contributed by atoms with Crippen LogP contribution in [0.4, 0.5) is 0 Å². The third-order valence-electron chi connectivity index (χ3n) is 4.67. The fourth-order valence-electron chi connectivity index (χ4n) is 2.67. The summed E-state index contributed by atoms with van der Waals surface area (Å²) in [6, 6.07) is 1.24. The van der Waals surface area contributed by atoms with Crippen molar-refractivity contribution in [1.29, 1.82) is 0 Å². The van der Waals surface area contributed by atoms with Crippen molar-refractivity contribution in [3.05, 3.63) is 0 Å². The molecule has 0 unspecified atom stereocenters. The van der Waals surface area contributed by atoms with Gasteiger partial charge in [-0.15, -0.1) is 0 Å². The Morgan fingerprint density at radius 3 is 1.61 bits per heavy atom. The zero-order valence-corrected chi connectivity index (χ0v) is 18.0. The number of rotatable bonds is 15. The van der Waals surface area contributed by atoms with Gasteiger partial charge in [0.2, 0.25) is 0 Å².